The van der Waals surface area contributed by atoms with Gasteiger partial charge in [-0.15, -0.1) is 0 Å². The first-order valence-electron chi connectivity index (χ1n) is 29.3. The Bertz CT molecular complexity index is 3400. The minimum Gasteiger partial charge on any atom is -0.497 e. The Morgan fingerprint density at radius 2 is 0.966 bits per heavy atom. The van der Waals surface area contributed by atoms with Gasteiger partial charge in [0.1, 0.15) is 36.4 Å². The molecule has 7 aromatic rings. The highest BCUT2D eigenvalue weighted by Gasteiger charge is 2.54. The second-order valence-corrected chi connectivity index (χ2v) is 21.1. The third-order valence-electron chi connectivity index (χ3n) is 15.3. The molecule has 0 aromatic heterocycles. The van der Waals surface area contributed by atoms with Gasteiger partial charge >= 0.3 is 29.8 Å². The molecule has 2 aliphatic heterocycles. The molecule has 19 heteroatoms. The Morgan fingerprint density at radius 1 is 0.506 bits per heavy atom. The van der Waals surface area contributed by atoms with E-state index >= 15 is 0 Å². The molecule has 19 nitrogen and oxygen atoms in total. The highest BCUT2D eigenvalue weighted by molar-refractivity contribution is 5.92. The van der Waals surface area contributed by atoms with Crippen LogP contribution in [0.1, 0.15) is 96.6 Å². The van der Waals surface area contributed by atoms with E-state index in [1.807, 2.05) is 78.9 Å². The van der Waals surface area contributed by atoms with E-state index in [9.17, 15) is 33.6 Å². The molecule has 2 amide bonds. The number of nitrogens with one attached hydrogen (secondary N) is 1. The van der Waals surface area contributed by atoms with Crippen LogP contribution in [0.15, 0.2) is 200 Å². The van der Waals surface area contributed by atoms with Crippen LogP contribution in [0.5, 0.6) is 11.5 Å². The van der Waals surface area contributed by atoms with Crippen molar-refractivity contribution in [3.05, 3.63) is 239 Å². The number of amides is 2. The molecule has 0 saturated carbocycles. The van der Waals surface area contributed by atoms with Gasteiger partial charge in [-0.05, 0) is 109 Å². The Hall–Kier alpha value is -9.69. The molecule has 0 bridgehead atoms. The smallest absolute Gasteiger partial charge is 0.338 e. The molecule has 9 rings (SSSR count). The first-order chi connectivity index (χ1) is 43.4. The van der Waals surface area contributed by atoms with Gasteiger partial charge in [0, 0.05) is 33.0 Å². The summed E-state index contributed by atoms with van der Waals surface area (Å²) in [6.45, 7) is -0.739. The first kappa shape index (κ1) is 63.8. The number of benzene rings is 7. The van der Waals surface area contributed by atoms with Gasteiger partial charge < -0.3 is 57.6 Å². The molecule has 2 heterocycles. The van der Waals surface area contributed by atoms with Crippen LogP contribution in [0.3, 0.4) is 0 Å². The predicted molar refractivity (Wildman–Crippen MR) is 324 cm³/mol. The normalized spacial score (nSPS) is 18.8. The molecular weight excluding hydrogens is 1140 g/mol. The molecule has 0 aliphatic carbocycles. The summed E-state index contributed by atoms with van der Waals surface area (Å²) in [5.41, 5.74) is 1.73. The number of likely N-dealkylation sites (tertiary alicyclic amines) is 1. The zero-order valence-electron chi connectivity index (χ0n) is 49.6. The van der Waals surface area contributed by atoms with Crippen molar-refractivity contribution in [1.82, 2.24) is 10.2 Å². The van der Waals surface area contributed by atoms with Crippen LogP contribution in [-0.2, 0) is 57.9 Å². The molecule has 0 spiro atoms. The summed E-state index contributed by atoms with van der Waals surface area (Å²) in [6, 6.07) is 56.6. The Morgan fingerprint density at radius 3 is 1.46 bits per heavy atom. The quantitative estimate of drug-likeness (QED) is 0.0219. The number of rotatable bonds is 27. The molecule has 2 aliphatic rings. The van der Waals surface area contributed by atoms with Gasteiger partial charge in [-0.3, -0.25) is 14.4 Å². The summed E-state index contributed by atoms with van der Waals surface area (Å²) in [6.07, 6.45) is -7.94. The minimum absolute atomic E-state index is 0.0111. The number of hydrogen-bond acceptors (Lipinski definition) is 17. The summed E-state index contributed by atoms with van der Waals surface area (Å²) in [5.74, 6) is -3.23. The Kier molecular flexibility index (Phi) is 22.4. The van der Waals surface area contributed by atoms with Crippen LogP contribution in [0.4, 0.5) is 0 Å². The number of ether oxygens (including phenoxy) is 10. The van der Waals surface area contributed by atoms with Crippen LogP contribution in [0.25, 0.3) is 0 Å². The topological polar surface area (TPSA) is 227 Å². The van der Waals surface area contributed by atoms with Gasteiger partial charge in [0.15, 0.2) is 24.6 Å². The van der Waals surface area contributed by atoms with Gasteiger partial charge in [-0.25, -0.2) is 19.2 Å². The Labute approximate surface area is 516 Å². The van der Waals surface area contributed by atoms with Crippen molar-refractivity contribution in [3.8, 4) is 11.5 Å². The summed E-state index contributed by atoms with van der Waals surface area (Å²) >= 11 is 0. The number of esters is 5. The second-order valence-electron chi connectivity index (χ2n) is 21.1. The number of hydrogen-bond donors (Lipinski definition) is 1. The summed E-state index contributed by atoms with van der Waals surface area (Å²) < 4.78 is 61.7. The van der Waals surface area contributed by atoms with Gasteiger partial charge in [-0.1, -0.05) is 127 Å². The van der Waals surface area contributed by atoms with E-state index < -0.39 is 84.9 Å². The maximum absolute atomic E-state index is 14.7. The van der Waals surface area contributed by atoms with Gasteiger partial charge in [0.2, 0.25) is 11.8 Å². The minimum atomic E-state index is -1.64. The number of methoxy groups -OCH3 is 2. The lowest BCUT2D eigenvalue weighted by molar-refractivity contribution is -0.298. The van der Waals surface area contributed by atoms with Crippen LogP contribution in [0, 0.1) is 0 Å². The van der Waals surface area contributed by atoms with Crippen molar-refractivity contribution < 1.29 is 80.9 Å². The van der Waals surface area contributed by atoms with E-state index in [1.165, 1.54) is 43.4 Å². The van der Waals surface area contributed by atoms with Crippen molar-refractivity contribution in [2.45, 2.75) is 87.0 Å². The van der Waals surface area contributed by atoms with E-state index in [0.29, 0.717) is 11.5 Å². The zero-order chi connectivity index (χ0) is 62.5. The second kappa shape index (κ2) is 31.3. The number of unbranched alkanes of at least 4 members (excludes halogenated alkanes) is 1. The molecule has 7 aromatic carbocycles. The molecule has 7 atom stereocenters. The lowest BCUT2D eigenvalue weighted by Gasteiger charge is -2.44. The molecule has 2 unspecified atom stereocenters. The van der Waals surface area contributed by atoms with Crippen molar-refractivity contribution >= 4 is 41.7 Å². The third-order valence-corrected chi connectivity index (χ3v) is 15.3. The monoisotopic (exact) mass is 1210 g/mol. The maximum atomic E-state index is 14.7. The molecule has 2 fully saturated rings. The molecule has 0 radical (unpaired) electrons. The third kappa shape index (κ3) is 16.5. The number of nitrogens with zero attached hydrogens (tertiary/aromatic N) is 1. The van der Waals surface area contributed by atoms with E-state index in [0.717, 1.165) is 16.7 Å². The highest BCUT2D eigenvalue weighted by atomic mass is 16.7. The predicted octanol–water partition coefficient (Wildman–Crippen LogP) is 9.50. The van der Waals surface area contributed by atoms with Crippen LogP contribution >= 0.6 is 0 Å². The standard InChI is InChI=1S/C70H70N2O17/c1-71-59(73)40-41-61(75)83-45-54-43-57(89-70(51-29-17-8-18-30-51,52-32-36-55(80-2)37-33-52)53-34-38-56(81-3)39-35-53)44-72(54)60(74)31-19-20-42-82-69-64(88-68(79)50-27-15-7-16-28-50)63(87-67(78)49-25-13-6-14-26-49)62(86-66(77)48-23-11-5-12-24-48)58(85-69)46-84-65(76)47-21-9-4-10-22-47/h4-18,21-30,32-39,54,57-58,62-64,69H,19-20,31,40-46H2,1-3H3,(H,71,73)/t54-,57+,58?,62+,63-,64?,69-/m0/s1. The lowest BCUT2D eigenvalue weighted by atomic mass is 9.79. The highest BCUT2D eigenvalue weighted by Crippen LogP contribution is 2.44. The van der Waals surface area contributed by atoms with E-state index in [4.69, 9.17) is 47.4 Å². The van der Waals surface area contributed by atoms with E-state index in [-0.39, 0.29) is 92.4 Å². The van der Waals surface area contributed by atoms with Gasteiger partial charge in [0.25, 0.3) is 0 Å². The van der Waals surface area contributed by atoms with E-state index in [1.54, 1.807) is 104 Å². The van der Waals surface area contributed by atoms with Crippen LogP contribution in [-0.4, -0.2) is 137 Å². The van der Waals surface area contributed by atoms with Gasteiger partial charge in [-0.2, -0.15) is 0 Å². The van der Waals surface area contributed by atoms with Gasteiger partial charge in [0.05, 0.1) is 55.0 Å². The summed E-state index contributed by atoms with van der Waals surface area (Å²) in [5, 5.41) is 2.51. The number of carbonyl (C=O) groups excluding carboxylic acids is 7. The summed E-state index contributed by atoms with van der Waals surface area (Å²) in [7, 11) is 4.66. The molecule has 462 valence electrons. The Balaban J connectivity index is 0.979. The van der Waals surface area contributed by atoms with Crippen molar-refractivity contribution in [2.75, 3.05) is 47.6 Å². The molecule has 1 N–H and O–H groups in total. The van der Waals surface area contributed by atoms with E-state index in [2.05, 4.69) is 5.32 Å². The van der Waals surface area contributed by atoms with Crippen molar-refractivity contribution in [2.24, 2.45) is 0 Å². The fourth-order valence-electron chi connectivity index (χ4n) is 10.7. The molecular formula is C70H70N2O17. The first-order valence-corrected chi connectivity index (χ1v) is 29.3. The van der Waals surface area contributed by atoms with Crippen LogP contribution < -0.4 is 14.8 Å². The van der Waals surface area contributed by atoms with Crippen molar-refractivity contribution in [1.29, 1.82) is 0 Å². The largest absolute Gasteiger partial charge is 0.497 e. The fraction of sp³-hybridized carbons (Fsp3) is 0.300. The lowest BCUT2D eigenvalue weighted by Crippen LogP contribution is -2.63. The zero-order valence-corrected chi connectivity index (χ0v) is 49.6. The maximum Gasteiger partial charge on any atom is 0.338 e. The fourth-order valence-corrected chi connectivity index (χ4v) is 10.7. The number of carbonyl (C=O) groups is 7. The SMILES string of the molecule is CNC(=O)CCC(=O)OC[C@@H]1C[C@@H](OC(c2ccccc2)(c2ccc(OC)cc2)c2ccc(OC)cc2)CN1C(=O)CCCCO[C@H]1OC(COC(=O)c2ccccc2)[C@@H](OC(=O)c2ccccc2)[C@H](OC(=O)c2ccccc2)C1OC(=O)c1ccccc1. The molecule has 89 heavy (non-hydrogen) atoms. The average molecular weight is 1210 g/mol. The van der Waals surface area contributed by atoms with Crippen LogP contribution in [0.2, 0.25) is 0 Å². The van der Waals surface area contributed by atoms with Crippen molar-refractivity contribution in [3.63, 3.8) is 0 Å². The average Bonchev–Trinajstić information content (AvgIpc) is 1.73. The summed E-state index contributed by atoms with van der Waals surface area (Å²) in [4.78, 5) is 97.5. The molecule has 2 saturated heterocycles.